The summed E-state index contributed by atoms with van der Waals surface area (Å²) >= 11 is 0. The molecule has 0 aromatic carbocycles. The van der Waals surface area contributed by atoms with E-state index in [0.29, 0.717) is 0 Å². The van der Waals surface area contributed by atoms with Crippen molar-refractivity contribution in [1.29, 1.82) is 0 Å². The third-order valence-electron chi connectivity index (χ3n) is 0. The van der Waals surface area contributed by atoms with Gasteiger partial charge in [0.2, 0.25) is 0 Å². The van der Waals surface area contributed by atoms with Gasteiger partial charge in [-0.15, -0.1) is 0 Å². The van der Waals surface area contributed by atoms with Crippen molar-refractivity contribution < 1.29 is 78.4 Å². The Labute approximate surface area is 85.9 Å². The maximum Gasteiger partial charge on any atom is 1.00 e. The molecule has 0 heterocycles. The van der Waals surface area contributed by atoms with Gasteiger partial charge in [-0.05, 0) is 0 Å². The summed E-state index contributed by atoms with van der Waals surface area (Å²) < 4.78 is 8.88. The summed E-state index contributed by atoms with van der Waals surface area (Å²) in [5.74, 6) is 0. The van der Waals surface area contributed by atoms with Crippen molar-refractivity contribution >= 4 is 7.82 Å². The monoisotopic (exact) mass is 165 g/mol. The minimum Gasteiger partial charge on any atom is -1.00 e. The van der Waals surface area contributed by atoms with Crippen LogP contribution in [0.1, 0.15) is 2.85 Å². The molecule has 8 heavy (non-hydrogen) atoms. The van der Waals surface area contributed by atoms with E-state index < -0.39 is 7.82 Å². The minimum absolute atomic E-state index is 0. The molecule has 0 saturated carbocycles. The summed E-state index contributed by atoms with van der Waals surface area (Å²) in [6.07, 6.45) is 0. The average molecular weight is 165 g/mol. The van der Waals surface area contributed by atoms with Crippen LogP contribution in [0, 0.1) is 0 Å². The molecule has 0 bridgehead atoms. The molecule has 1 radical (unpaired) electrons. The molecule has 0 atom stereocenters. The molecular formula is H5Li2O4PV. The third-order valence-corrected chi connectivity index (χ3v) is 0. The molecule has 0 fully saturated rings. The van der Waals surface area contributed by atoms with Crippen molar-refractivity contribution in [3.05, 3.63) is 0 Å². The van der Waals surface area contributed by atoms with Gasteiger partial charge in [-0.2, -0.15) is 0 Å². The molecule has 0 amide bonds. The van der Waals surface area contributed by atoms with E-state index in [0.717, 1.165) is 0 Å². The van der Waals surface area contributed by atoms with Crippen LogP contribution in [-0.4, -0.2) is 14.7 Å². The fourth-order valence-electron chi connectivity index (χ4n) is 0. The van der Waals surface area contributed by atoms with Gasteiger partial charge in [0.05, 0.1) is 0 Å². The van der Waals surface area contributed by atoms with Crippen LogP contribution in [0.15, 0.2) is 0 Å². The Morgan fingerprint density at radius 2 is 1.12 bits per heavy atom. The van der Waals surface area contributed by atoms with E-state index in [4.69, 9.17) is 19.2 Å². The summed E-state index contributed by atoms with van der Waals surface area (Å²) in [5, 5.41) is 0. The zero-order valence-electron chi connectivity index (χ0n) is 6.64. The van der Waals surface area contributed by atoms with E-state index in [1.54, 1.807) is 0 Å². The van der Waals surface area contributed by atoms with Crippen LogP contribution >= 0.6 is 7.82 Å². The third kappa shape index (κ3) is 105. The smallest absolute Gasteiger partial charge is 1.00 e. The number of hydrogen-bond acceptors (Lipinski definition) is 1. The molecule has 8 heteroatoms. The van der Waals surface area contributed by atoms with Gasteiger partial charge in [0.15, 0.2) is 0 Å². The second-order valence-electron chi connectivity index (χ2n) is 0.513. The predicted molar refractivity (Wildman–Crippen MR) is 16.5 cm³/mol. The molecule has 0 rings (SSSR count). The maximum absolute atomic E-state index is 8.88. The van der Waals surface area contributed by atoms with Crippen molar-refractivity contribution in [1.82, 2.24) is 0 Å². The molecule has 0 unspecified atom stereocenters. The first-order valence-electron chi connectivity index (χ1n) is 0.783. The van der Waals surface area contributed by atoms with Crippen molar-refractivity contribution in [3.8, 4) is 0 Å². The van der Waals surface area contributed by atoms with Gasteiger partial charge in [0.1, 0.15) is 0 Å². The zero-order chi connectivity index (χ0) is 4.50. The molecule has 0 saturated heterocycles. The molecular weight excluding hydrogens is 160 g/mol. The zero-order valence-corrected chi connectivity index (χ0v) is 6.94. The van der Waals surface area contributed by atoms with Gasteiger partial charge < -0.3 is 17.5 Å². The Balaban J connectivity index is -0.00000000800. The Kier molecular flexibility index (Phi) is 25.0. The fourth-order valence-corrected chi connectivity index (χ4v) is 0. The van der Waals surface area contributed by atoms with Gasteiger partial charge in [-0.25, -0.2) is 4.57 Å². The summed E-state index contributed by atoms with van der Waals surface area (Å²) in [6, 6.07) is 0. The Morgan fingerprint density at radius 3 is 1.12 bits per heavy atom. The Morgan fingerprint density at radius 1 is 1.12 bits per heavy atom. The van der Waals surface area contributed by atoms with Crippen molar-refractivity contribution in [2.24, 2.45) is 0 Å². The van der Waals surface area contributed by atoms with Crippen molar-refractivity contribution in [2.75, 3.05) is 0 Å². The van der Waals surface area contributed by atoms with E-state index in [9.17, 15) is 0 Å². The normalized spacial score (nSPS) is 7.38. The molecule has 0 spiro atoms. The summed E-state index contributed by atoms with van der Waals surface area (Å²) in [5.41, 5.74) is 0. The topological polar surface area (TPSA) is 77.8 Å². The van der Waals surface area contributed by atoms with Gasteiger partial charge in [0.25, 0.3) is 0 Å². The fraction of sp³-hybridized carbons (Fsp3) is 0. The van der Waals surface area contributed by atoms with E-state index in [-0.39, 0.29) is 59.1 Å². The largest absolute Gasteiger partial charge is 1.00 e. The molecule has 41 valence electrons. The van der Waals surface area contributed by atoms with Gasteiger partial charge in [-0.1, -0.05) is 0 Å². The van der Waals surface area contributed by atoms with Crippen LogP contribution in [0.25, 0.3) is 0 Å². The summed E-state index contributed by atoms with van der Waals surface area (Å²) in [4.78, 5) is 21.6. The first-order valence-corrected chi connectivity index (χ1v) is 2.35. The summed E-state index contributed by atoms with van der Waals surface area (Å²) in [6.45, 7) is 0. The molecule has 0 aliphatic rings. The van der Waals surface area contributed by atoms with Crippen LogP contribution in [0.4, 0.5) is 0 Å². The minimum atomic E-state index is -4.64. The van der Waals surface area contributed by atoms with Crippen LogP contribution < -0.4 is 37.7 Å². The molecule has 0 aliphatic heterocycles. The standard InChI is InChI=1S/2Li.H3O4P.V.2H/c;;1-5(2,3)4;;;/h;;(H3,1,2,3,4);;;/q2*+1;;;2*-1. The Bertz CT molecular complexity index is 67.4. The number of rotatable bonds is 0. The SMILES string of the molecule is O=P(O)(O)O.[H-].[H-].[Li+].[Li+].[V]. The van der Waals surface area contributed by atoms with E-state index in [2.05, 4.69) is 0 Å². The average Bonchev–Trinajstić information content (AvgIpc) is 0.722. The summed E-state index contributed by atoms with van der Waals surface area (Å²) in [7, 11) is -4.64. The van der Waals surface area contributed by atoms with Crippen LogP contribution in [0.3, 0.4) is 0 Å². The number of phosphoric acid groups is 1. The van der Waals surface area contributed by atoms with Crippen LogP contribution in [0.5, 0.6) is 0 Å². The maximum atomic E-state index is 8.88. The molecule has 4 nitrogen and oxygen atoms in total. The second kappa shape index (κ2) is 8.89. The number of hydrogen-bond donors (Lipinski definition) is 3. The quantitative estimate of drug-likeness (QED) is 0.246. The Hall–Kier alpha value is 1.89. The van der Waals surface area contributed by atoms with Crippen LogP contribution in [-0.2, 0) is 23.1 Å². The van der Waals surface area contributed by atoms with E-state index in [1.165, 1.54) is 0 Å². The van der Waals surface area contributed by atoms with Gasteiger partial charge >= 0.3 is 45.5 Å². The molecule has 3 N–H and O–H groups in total. The first-order chi connectivity index (χ1) is 2.00. The second-order valence-corrected chi connectivity index (χ2v) is 1.54. The van der Waals surface area contributed by atoms with Gasteiger partial charge in [-0.3, -0.25) is 0 Å². The molecule has 0 aromatic heterocycles. The van der Waals surface area contributed by atoms with Gasteiger partial charge in [0, 0.05) is 18.6 Å². The predicted octanol–water partition coefficient (Wildman–Crippen LogP) is -6.70. The van der Waals surface area contributed by atoms with E-state index >= 15 is 0 Å². The molecule has 0 aliphatic carbocycles. The first kappa shape index (κ1) is 22.5. The van der Waals surface area contributed by atoms with Crippen LogP contribution in [0.2, 0.25) is 0 Å². The van der Waals surface area contributed by atoms with Crippen molar-refractivity contribution in [2.45, 2.75) is 0 Å². The van der Waals surface area contributed by atoms with E-state index in [1.807, 2.05) is 0 Å². The molecule has 0 aromatic rings. The van der Waals surface area contributed by atoms with Crippen molar-refractivity contribution in [3.63, 3.8) is 0 Å².